The van der Waals surface area contributed by atoms with Crippen molar-refractivity contribution in [3.8, 4) is 0 Å². The second-order valence-corrected chi connectivity index (χ2v) is 8.34. The van der Waals surface area contributed by atoms with Crippen LogP contribution in [0.5, 0.6) is 0 Å². The summed E-state index contributed by atoms with van der Waals surface area (Å²) < 4.78 is 0. The van der Waals surface area contributed by atoms with Crippen LogP contribution in [-0.4, -0.2) is 46.9 Å². The number of rotatable bonds is 5. The quantitative estimate of drug-likeness (QED) is 0.722. The number of aromatic amines is 1. The number of nitrogens with one attached hydrogen (secondary N) is 1. The van der Waals surface area contributed by atoms with E-state index in [1.807, 2.05) is 34.5 Å². The predicted molar refractivity (Wildman–Crippen MR) is 114 cm³/mol. The largest absolute Gasteiger partial charge is 0.340 e. The zero-order chi connectivity index (χ0) is 19.5. The molecule has 0 saturated carbocycles. The minimum Gasteiger partial charge on any atom is -0.340 e. The first kappa shape index (κ1) is 18.9. The number of fused-ring (bicyclic) bond motifs is 1. The number of hydrogen-bond donors (Lipinski definition) is 1. The molecule has 0 atom stereocenters. The highest BCUT2D eigenvalue weighted by Crippen LogP contribution is 2.16. The molecule has 2 aromatic heterocycles. The van der Waals surface area contributed by atoms with Crippen molar-refractivity contribution in [1.29, 1.82) is 0 Å². The van der Waals surface area contributed by atoms with Crippen molar-refractivity contribution in [2.24, 2.45) is 0 Å². The number of carbonyl (C=O) groups is 1. The zero-order valence-corrected chi connectivity index (χ0v) is 16.9. The second-order valence-electron chi connectivity index (χ2n) is 7.31. The van der Waals surface area contributed by atoms with Crippen molar-refractivity contribution in [2.45, 2.75) is 26.3 Å². The van der Waals surface area contributed by atoms with Gasteiger partial charge in [0.05, 0.1) is 6.42 Å². The van der Waals surface area contributed by atoms with E-state index in [-0.39, 0.29) is 11.5 Å². The number of pyridine rings is 1. The van der Waals surface area contributed by atoms with Gasteiger partial charge in [-0.3, -0.25) is 14.5 Å². The van der Waals surface area contributed by atoms with E-state index in [4.69, 9.17) is 0 Å². The van der Waals surface area contributed by atoms with Crippen molar-refractivity contribution >= 4 is 28.1 Å². The Labute approximate surface area is 168 Å². The first-order valence-corrected chi connectivity index (χ1v) is 10.7. The van der Waals surface area contributed by atoms with Gasteiger partial charge in [0.2, 0.25) is 5.91 Å². The third kappa shape index (κ3) is 4.18. The molecule has 0 spiro atoms. The number of aromatic nitrogens is 1. The lowest BCUT2D eigenvalue weighted by Gasteiger charge is -2.34. The highest BCUT2D eigenvalue weighted by molar-refractivity contribution is 7.10. The molecule has 1 aromatic carbocycles. The number of benzene rings is 1. The lowest BCUT2D eigenvalue weighted by molar-refractivity contribution is -0.132. The van der Waals surface area contributed by atoms with Crippen LogP contribution in [0.1, 0.15) is 22.9 Å². The normalized spacial score (nSPS) is 15.2. The van der Waals surface area contributed by atoms with Crippen LogP contribution in [0.2, 0.25) is 0 Å². The molecule has 1 N–H and O–H groups in total. The van der Waals surface area contributed by atoms with Crippen LogP contribution in [0.25, 0.3) is 10.9 Å². The Bertz CT molecular complexity index is 1020. The van der Waals surface area contributed by atoms with Gasteiger partial charge in [0.1, 0.15) is 0 Å². The highest BCUT2D eigenvalue weighted by atomic mass is 32.1. The molecule has 0 bridgehead atoms. The molecular formula is C22H25N3O2S. The molecule has 6 heteroatoms. The van der Waals surface area contributed by atoms with Gasteiger partial charge in [-0.15, -0.1) is 11.3 Å². The van der Waals surface area contributed by atoms with Gasteiger partial charge >= 0.3 is 0 Å². The molecule has 1 fully saturated rings. The van der Waals surface area contributed by atoms with E-state index in [9.17, 15) is 9.59 Å². The number of H-pyrrole nitrogens is 1. The molecule has 5 nitrogen and oxygen atoms in total. The fourth-order valence-corrected chi connectivity index (χ4v) is 4.40. The summed E-state index contributed by atoms with van der Waals surface area (Å²) in [4.78, 5) is 33.2. The monoisotopic (exact) mass is 395 g/mol. The first-order chi connectivity index (χ1) is 13.6. The predicted octanol–water partition coefficient (Wildman–Crippen LogP) is 3.04. The topological polar surface area (TPSA) is 56.4 Å². The molecule has 146 valence electrons. The Kier molecular flexibility index (Phi) is 5.59. The summed E-state index contributed by atoms with van der Waals surface area (Å²) in [6.07, 6.45) is 1.47. The van der Waals surface area contributed by atoms with E-state index < -0.39 is 0 Å². The molecule has 1 saturated heterocycles. The average Bonchev–Trinajstić information content (AvgIpc) is 3.22. The van der Waals surface area contributed by atoms with E-state index >= 15 is 0 Å². The average molecular weight is 396 g/mol. The highest BCUT2D eigenvalue weighted by Gasteiger charge is 2.22. The second kappa shape index (κ2) is 8.29. The summed E-state index contributed by atoms with van der Waals surface area (Å²) in [6, 6.07) is 12.2. The number of nitrogens with zero attached hydrogens (tertiary/aromatic N) is 2. The zero-order valence-electron chi connectivity index (χ0n) is 16.1. The number of aryl methyl sites for hydroxylation is 1. The van der Waals surface area contributed by atoms with Crippen molar-refractivity contribution in [1.82, 2.24) is 14.8 Å². The van der Waals surface area contributed by atoms with Crippen molar-refractivity contribution in [3.05, 3.63) is 68.1 Å². The molecule has 1 aliphatic heterocycles. The van der Waals surface area contributed by atoms with Crippen LogP contribution in [-0.2, 0) is 24.2 Å². The van der Waals surface area contributed by atoms with Crippen LogP contribution in [0.4, 0.5) is 0 Å². The van der Waals surface area contributed by atoms with Gasteiger partial charge in [0.25, 0.3) is 5.56 Å². The fraction of sp³-hybridized carbons (Fsp3) is 0.364. The molecule has 0 aliphatic carbocycles. The number of hydrogen-bond acceptors (Lipinski definition) is 4. The van der Waals surface area contributed by atoms with E-state index in [1.54, 1.807) is 11.3 Å². The van der Waals surface area contributed by atoms with Gasteiger partial charge < -0.3 is 9.88 Å². The molecule has 0 radical (unpaired) electrons. The summed E-state index contributed by atoms with van der Waals surface area (Å²) >= 11 is 1.63. The van der Waals surface area contributed by atoms with Gasteiger partial charge in [-0.2, -0.15) is 0 Å². The molecular weight excluding hydrogens is 370 g/mol. The summed E-state index contributed by atoms with van der Waals surface area (Å²) in [5, 5.41) is 3.09. The minimum absolute atomic E-state index is 0.0204. The molecule has 3 heterocycles. The van der Waals surface area contributed by atoms with Crippen molar-refractivity contribution in [3.63, 3.8) is 0 Å². The maximum atomic E-state index is 12.5. The van der Waals surface area contributed by atoms with Gasteiger partial charge in [-0.1, -0.05) is 19.1 Å². The van der Waals surface area contributed by atoms with E-state index in [2.05, 4.69) is 28.9 Å². The Morgan fingerprint density at radius 2 is 1.96 bits per heavy atom. The van der Waals surface area contributed by atoms with E-state index in [0.29, 0.717) is 13.0 Å². The first-order valence-electron chi connectivity index (χ1n) is 9.79. The van der Waals surface area contributed by atoms with Gasteiger partial charge in [-0.25, -0.2) is 0 Å². The molecule has 4 rings (SSSR count). The van der Waals surface area contributed by atoms with E-state index in [0.717, 1.165) is 53.9 Å². The number of carbonyl (C=O) groups excluding carboxylic acids is 1. The molecule has 3 aromatic rings. The van der Waals surface area contributed by atoms with Gasteiger partial charge in [0, 0.05) is 48.7 Å². The maximum absolute atomic E-state index is 12.5. The standard InChI is InChI=1S/C22H25N3O2S/c1-2-16-5-6-20-17(12-16)13-18(22(27)23-20)15-24-7-9-25(10-8-24)21(26)14-19-4-3-11-28-19/h3-6,11-13H,2,7-10,14-15H2,1H3,(H,23,27). The lowest BCUT2D eigenvalue weighted by Crippen LogP contribution is -2.49. The Balaban J connectivity index is 1.39. The molecule has 0 unspecified atom stereocenters. The smallest absolute Gasteiger partial charge is 0.252 e. The van der Waals surface area contributed by atoms with Crippen LogP contribution in [0.15, 0.2) is 46.6 Å². The Morgan fingerprint density at radius 1 is 1.14 bits per heavy atom. The van der Waals surface area contributed by atoms with Crippen LogP contribution in [0.3, 0.4) is 0 Å². The van der Waals surface area contributed by atoms with E-state index in [1.165, 1.54) is 5.56 Å². The Hall–Kier alpha value is -2.44. The number of piperazine rings is 1. The summed E-state index contributed by atoms with van der Waals surface area (Å²) in [6.45, 7) is 5.78. The van der Waals surface area contributed by atoms with Crippen molar-refractivity contribution < 1.29 is 4.79 Å². The van der Waals surface area contributed by atoms with Crippen LogP contribution < -0.4 is 5.56 Å². The molecule has 1 amide bonds. The van der Waals surface area contributed by atoms with Crippen LogP contribution in [0, 0.1) is 0 Å². The minimum atomic E-state index is -0.0204. The van der Waals surface area contributed by atoms with Gasteiger partial charge in [0.15, 0.2) is 0 Å². The van der Waals surface area contributed by atoms with Gasteiger partial charge in [-0.05, 0) is 47.0 Å². The summed E-state index contributed by atoms with van der Waals surface area (Å²) in [5.74, 6) is 0.192. The fourth-order valence-electron chi connectivity index (χ4n) is 3.71. The number of amides is 1. The van der Waals surface area contributed by atoms with Crippen molar-refractivity contribution in [2.75, 3.05) is 26.2 Å². The molecule has 1 aliphatic rings. The van der Waals surface area contributed by atoms with Crippen LogP contribution >= 0.6 is 11.3 Å². The SMILES string of the molecule is CCc1ccc2[nH]c(=O)c(CN3CCN(C(=O)Cc4cccs4)CC3)cc2c1. The maximum Gasteiger partial charge on any atom is 0.252 e. The summed E-state index contributed by atoms with van der Waals surface area (Å²) in [7, 11) is 0. The lowest BCUT2D eigenvalue weighted by atomic mass is 10.1. The summed E-state index contributed by atoms with van der Waals surface area (Å²) in [5.41, 5.74) is 2.92. The number of thiophene rings is 1. The third-order valence-electron chi connectivity index (χ3n) is 5.42. The Morgan fingerprint density at radius 3 is 2.68 bits per heavy atom. The molecule has 28 heavy (non-hydrogen) atoms. The third-order valence-corrected chi connectivity index (χ3v) is 6.29.